The smallest absolute Gasteiger partial charge is 0.274 e. The number of carbonyl (C=O) groups excluding carboxylic acids is 1. The predicted molar refractivity (Wildman–Crippen MR) is 89.1 cm³/mol. The van der Waals surface area contributed by atoms with E-state index in [2.05, 4.69) is 43.2 Å². The van der Waals surface area contributed by atoms with Crippen LogP contribution in [0.1, 0.15) is 41.5 Å². The van der Waals surface area contributed by atoms with Gasteiger partial charge in [0.15, 0.2) is 5.69 Å². The maximum atomic E-state index is 12.5. The van der Waals surface area contributed by atoms with Gasteiger partial charge in [-0.15, -0.1) is 0 Å². The Morgan fingerprint density at radius 2 is 1.83 bits per heavy atom. The van der Waals surface area contributed by atoms with E-state index in [-0.39, 0.29) is 5.91 Å². The van der Waals surface area contributed by atoms with Crippen molar-refractivity contribution in [3.8, 4) is 5.69 Å². The number of aryl methyl sites for hydroxylation is 1. The van der Waals surface area contributed by atoms with E-state index in [1.807, 2.05) is 17.7 Å². The molecule has 1 aromatic carbocycles. The van der Waals surface area contributed by atoms with E-state index >= 15 is 0 Å². The Labute approximate surface area is 136 Å². The van der Waals surface area contributed by atoms with Crippen LogP contribution >= 0.6 is 0 Å². The lowest BCUT2D eigenvalue weighted by molar-refractivity contribution is 0.0298. The summed E-state index contributed by atoms with van der Waals surface area (Å²) < 4.78 is 7.13. The molecule has 0 radical (unpaired) electrons. The molecule has 0 N–H and O–H groups in total. The molecule has 0 atom stereocenters. The first-order valence-electron chi connectivity index (χ1n) is 8.10. The van der Waals surface area contributed by atoms with Crippen molar-refractivity contribution in [2.24, 2.45) is 0 Å². The van der Waals surface area contributed by atoms with Crippen LogP contribution in [0.15, 0.2) is 30.3 Å². The molecular formula is C18H23N3O2. The Morgan fingerprint density at radius 3 is 2.43 bits per heavy atom. The molecule has 1 fully saturated rings. The first kappa shape index (κ1) is 15.7. The fraction of sp³-hybridized carbons (Fsp3) is 0.444. The largest absolute Gasteiger partial charge is 0.378 e. The van der Waals surface area contributed by atoms with E-state index in [0.29, 0.717) is 37.9 Å². The lowest BCUT2D eigenvalue weighted by Gasteiger charge is -2.25. The van der Waals surface area contributed by atoms with Crippen molar-refractivity contribution < 1.29 is 9.53 Å². The molecule has 1 aliphatic heterocycles. The number of aromatic nitrogens is 2. The van der Waals surface area contributed by atoms with Crippen LogP contribution in [0.3, 0.4) is 0 Å². The second kappa shape index (κ2) is 6.54. The molecule has 2 aromatic rings. The summed E-state index contributed by atoms with van der Waals surface area (Å²) in [5.74, 6) is 0.482. The van der Waals surface area contributed by atoms with Gasteiger partial charge in [-0.25, -0.2) is 4.68 Å². The maximum Gasteiger partial charge on any atom is 0.274 e. The molecule has 5 heteroatoms. The monoisotopic (exact) mass is 313 g/mol. The third-order valence-electron chi connectivity index (χ3n) is 4.21. The zero-order valence-electron chi connectivity index (χ0n) is 14.0. The Kier molecular flexibility index (Phi) is 4.48. The summed E-state index contributed by atoms with van der Waals surface area (Å²) in [6, 6.07) is 10.2. The number of ether oxygens (including phenoxy) is 1. The molecule has 5 nitrogen and oxygen atoms in total. The van der Waals surface area contributed by atoms with Gasteiger partial charge in [0.2, 0.25) is 0 Å². The molecule has 0 saturated carbocycles. The predicted octanol–water partition coefficient (Wildman–Crippen LogP) is 2.78. The fourth-order valence-electron chi connectivity index (χ4n) is 2.77. The Balaban J connectivity index is 1.84. The normalized spacial score (nSPS) is 15.2. The van der Waals surface area contributed by atoms with Crippen LogP contribution in [0.4, 0.5) is 0 Å². The molecule has 122 valence electrons. The van der Waals surface area contributed by atoms with E-state index in [1.54, 1.807) is 4.90 Å². The van der Waals surface area contributed by atoms with Gasteiger partial charge in [-0.3, -0.25) is 4.79 Å². The van der Waals surface area contributed by atoms with E-state index in [4.69, 9.17) is 4.74 Å². The minimum Gasteiger partial charge on any atom is -0.378 e. The van der Waals surface area contributed by atoms with Gasteiger partial charge in [0, 0.05) is 18.8 Å². The van der Waals surface area contributed by atoms with Crippen molar-refractivity contribution >= 4 is 5.91 Å². The summed E-state index contributed by atoms with van der Waals surface area (Å²) in [4.78, 5) is 14.3. The van der Waals surface area contributed by atoms with E-state index in [9.17, 15) is 4.79 Å². The maximum absolute atomic E-state index is 12.5. The zero-order valence-corrected chi connectivity index (χ0v) is 14.0. The van der Waals surface area contributed by atoms with Crippen LogP contribution in [-0.4, -0.2) is 46.9 Å². The van der Waals surface area contributed by atoms with Crippen LogP contribution < -0.4 is 0 Å². The number of hydrogen-bond acceptors (Lipinski definition) is 3. The molecular weight excluding hydrogens is 290 g/mol. The fourth-order valence-corrected chi connectivity index (χ4v) is 2.77. The van der Waals surface area contributed by atoms with Gasteiger partial charge in [0.25, 0.3) is 5.91 Å². The minimum atomic E-state index is -0.0195. The molecule has 2 heterocycles. The molecule has 1 aromatic heterocycles. The number of nitrogens with zero attached hydrogens (tertiary/aromatic N) is 3. The molecule has 0 bridgehead atoms. The van der Waals surface area contributed by atoms with Gasteiger partial charge in [-0.05, 0) is 36.6 Å². The number of carbonyl (C=O) groups is 1. The van der Waals surface area contributed by atoms with E-state index < -0.39 is 0 Å². The van der Waals surface area contributed by atoms with Crippen molar-refractivity contribution in [3.63, 3.8) is 0 Å². The summed E-state index contributed by atoms with van der Waals surface area (Å²) in [6.45, 7) is 8.78. The SMILES string of the molecule is Cc1cc(C(=O)N2CCOCC2)nn1-c1ccc(C(C)C)cc1. The first-order valence-corrected chi connectivity index (χ1v) is 8.10. The van der Waals surface area contributed by atoms with Gasteiger partial charge < -0.3 is 9.64 Å². The Morgan fingerprint density at radius 1 is 1.17 bits per heavy atom. The number of hydrogen-bond donors (Lipinski definition) is 0. The van der Waals surface area contributed by atoms with Gasteiger partial charge in [-0.2, -0.15) is 5.10 Å². The summed E-state index contributed by atoms with van der Waals surface area (Å²) in [6.07, 6.45) is 0. The summed E-state index contributed by atoms with van der Waals surface area (Å²) in [5, 5.41) is 4.51. The summed E-state index contributed by atoms with van der Waals surface area (Å²) in [7, 11) is 0. The van der Waals surface area contributed by atoms with Crippen LogP contribution in [0.5, 0.6) is 0 Å². The number of rotatable bonds is 3. The van der Waals surface area contributed by atoms with Gasteiger partial charge in [-0.1, -0.05) is 26.0 Å². The lowest BCUT2D eigenvalue weighted by Crippen LogP contribution is -2.40. The van der Waals surface area contributed by atoms with Gasteiger partial charge >= 0.3 is 0 Å². The highest BCUT2D eigenvalue weighted by molar-refractivity contribution is 5.92. The molecule has 1 aliphatic rings. The van der Waals surface area contributed by atoms with Crippen LogP contribution in [-0.2, 0) is 4.74 Å². The number of morpholine rings is 1. The highest BCUT2D eigenvalue weighted by atomic mass is 16.5. The molecule has 1 saturated heterocycles. The second-order valence-electron chi connectivity index (χ2n) is 6.23. The van der Waals surface area contributed by atoms with E-state index in [0.717, 1.165) is 11.4 Å². The Bertz CT molecular complexity index is 683. The minimum absolute atomic E-state index is 0.0195. The third kappa shape index (κ3) is 3.29. The zero-order chi connectivity index (χ0) is 16.4. The molecule has 0 unspecified atom stereocenters. The highest BCUT2D eigenvalue weighted by Gasteiger charge is 2.21. The third-order valence-corrected chi connectivity index (χ3v) is 4.21. The lowest BCUT2D eigenvalue weighted by atomic mass is 10.0. The average molecular weight is 313 g/mol. The molecule has 23 heavy (non-hydrogen) atoms. The van der Waals surface area contributed by atoms with Crippen molar-refractivity contribution in [2.45, 2.75) is 26.7 Å². The van der Waals surface area contributed by atoms with E-state index in [1.165, 1.54) is 5.56 Å². The molecule has 0 aliphatic carbocycles. The summed E-state index contributed by atoms with van der Waals surface area (Å²) >= 11 is 0. The molecule has 0 spiro atoms. The summed E-state index contributed by atoms with van der Waals surface area (Å²) in [5.41, 5.74) is 3.73. The highest BCUT2D eigenvalue weighted by Crippen LogP contribution is 2.18. The first-order chi connectivity index (χ1) is 11.1. The van der Waals surface area contributed by atoms with Crippen molar-refractivity contribution in [3.05, 3.63) is 47.3 Å². The van der Waals surface area contributed by atoms with Crippen LogP contribution in [0.25, 0.3) is 5.69 Å². The molecule has 3 rings (SSSR count). The Hall–Kier alpha value is -2.14. The number of amides is 1. The topological polar surface area (TPSA) is 47.4 Å². The second-order valence-corrected chi connectivity index (χ2v) is 6.23. The molecule has 1 amide bonds. The quantitative estimate of drug-likeness (QED) is 0.875. The van der Waals surface area contributed by atoms with Gasteiger partial charge in [0.05, 0.1) is 18.9 Å². The van der Waals surface area contributed by atoms with Crippen molar-refractivity contribution in [1.29, 1.82) is 0 Å². The van der Waals surface area contributed by atoms with Crippen molar-refractivity contribution in [1.82, 2.24) is 14.7 Å². The standard InChI is InChI=1S/C18H23N3O2/c1-13(2)15-4-6-16(7-5-15)21-14(3)12-17(19-21)18(22)20-8-10-23-11-9-20/h4-7,12-13H,8-11H2,1-3H3. The number of benzene rings is 1. The van der Waals surface area contributed by atoms with Gasteiger partial charge in [0.1, 0.15) is 0 Å². The van der Waals surface area contributed by atoms with Crippen molar-refractivity contribution in [2.75, 3.05) is 26.3 Å². The van der Waals surface area contributed by atoms with Crippen LogP contribution in [0.2, 0.25) is 0 Å². The van der Waals surface area contributed by atoms with Crippen LogP contribution in [0, 0.1) is 6.92 Å². The average Bonchev–Trinajstić information content (AvgIpc) is 2.97.